The van der Waals surface area contributed by atoms with Gasteiger partial charge in [0.05, 0.1) is 5.69 Å². The number of rotatable bonds is 6. The summed E-state index contributed by atoms with van der Waals surface area (Å²) in [5, 5.41) is 0. The highest BCUT2D eigenvalue weighted by molar-refractivity contribution is 7.97. The summed E-state index contributed by atoms with van der Waals surface area (Å²) in [5.74, 6) is 1.68. The van der Waals surface area contributed by atoms with Crippen LogP contribution in [0.1, 0.15) is 25.5 Å². The molecule has 0 aliphatic carbocycles. The summed E-state index contributed by atoms with van der Waals surface area (Å²) in [4.78, 5) is 12.9. The summed E-state index contributed by atoms with van der Waals surface area (Å²) in [6, 6.07) is 18.2. The van der Waals surface area contributed by atoms with Crippen LogP contribution in [0.15, 0.2) is 65.6 Å². The first-order valence-electron chi connectivity index (χ1n) is 10.1. The summed E-state index contributed by atoms with van der Waals surface area (Å²) < 4.78 is 21.4. The largest absolute Gasteiger partial charge is 0.439 e. The van der Waals surface area contributed by atoms with Gasteiger partial charge < -0.3 is 9.64 Å². The van der Waals surface area contributed by atoms with E-state index in [-0.39, 0.29) is 11.7 Å². The molecule has 7 heteroatoms. The van der Waals surface area contributed by atoms with Crippen LogP contribution >= 0.6 is 11.9 Å². The fourth-order valence-corrected chi connectivity index (χ4v) is 4.08. The zero-order valence-corrected chi connectivity index (χ0v) is 18.0. The standard InChI is InChI=1S/C23H25FN4OS/c1-17(2)21-16-22(29-19-10-8-18(24)9-11-19)26-23(25-21)27-12-14-28(15-13-27)30-20-6-4-3-5-7-20/h3-11,16-17H,12-15H2,1-2H3. The van der Waals surface area contributed by atoms with Gasteiger partial charge in [-0.25, -0.2) is 13.7 Å². The Morgan fingerprint density at radius 2 is 1.63 bits per heavy atom. The lowest BCUT2D eigenvalue weighted by Gasteiger charge is -2.34. The highest BCUT2D eigenvalue weighted by atomic mass is 32.2. The van der Waals surface area contributed by atoms with E-state index in [2.05, 4.69) is 52.3 Å². The Bertz CT molecular complexity index is 961. The number of nitrogens with zero attached hydrogens (tertiary/aromatic N) is 4. The lowest BCUT2D eigenvalue weighted by atomic mass is 10.1. The molecule has 1 aliphatic heterocycles. The first kappa shape index (κ1) is 20.6. The van der Waals surface area contributed by atoms with Gasteiger partial charge in [0, 0.05) is 37.1 Å². The second-order valence-electron chi connectivity index (χ2n) is 7.46. The molecule has 1 saturated heterocycles. The van der Waals surface area contributed by atoms with Crippen molar-refractivity contribution in [3.05, 3.63) is 72.2 Å². The van der Waals surface area contributed by atoms with E-state index in [4.69, 9.17) is 9.72 Å². The topological polar surface area (TPSA) is 41.5 Å². The molecular formula is C23H25FN4OS. The van der Waals surface area contributed by atoms with Crippen molar-refractivity contribution in [3.63, 3.8) is 0 Å². The molecular weight excluding hydrogens is 399 g/mol. The molecule has 0 saturated carbocycles. The number of halogens is 1. The molecule has 156 valence electrons. The molecule has 4 rings (SSSR count). The summed E-state index contributed by atoms with van der Waals surface area (Å²) in [6.07, 6.45) is 0. The van der Waals surface area contributed by atoms with Gasteiger partial charge in [0.25, 0.3) is 0 Å². The Balaban J connectivity index is 1.46. The molecule has 1 aromatic heterocycles. The Hall–Kier alpha value is -2.64. The number of hydrogen-bond acceptors (Lipinski definition) is 6. The molecule has 1 fully saturated rings. The fraction of sp³-hybridized carbons (Fsp3) is 0.304. The number of hydrogen-bond donors (Lipinski definition) is 0. The van der Waals surface area contributed by atoms with Crippen LogP contribution in [0, 0.1) is 5.82 Å². The molecule has 30 heavy (non-hydrogen) atoms. The molecule has 5 nitrogen and oxygen atoms in total. The van der Waals surface area contributed by atoms with Gasteiger partial charge in [-0.1, -0.05) is 32.0 Å². The number of aromatic nitrogens is 2. The van der Waals surface area contributed by atoms with Crippen molar-refractivity contribution in [2.24, 2.45) is 0 Å². The molecule has 0 bridgehead atoms. The summed E-state index contributed by atoms with van der Waals surface area (Å²) in [7, 11) is 0. The maximum absolute atomic E-state index is 13.2. The minimum atomic E-state index is -0.292. The predicted octanol–water partition coefficient (Wildman–Crippen LogP) is 5.36. The second-order valence-corrected chi connectivity index (χ2v) is 8.63. The van der Waals surface area contributed by atoms with Crippen LogP contribution in [-0.2, 0) is 0 Å². The summed E-state index contributed by atoms with van der Waals surface area (Å²) >= 11 is 1.79. The van der Waals surface area contributed by atoms with Gasteiger partial charge in [0.1, 0.15) is 11.6 Å². The zero-order valence-electron chi connectivity index (χ0n) is 17.2. The average Bonchev–Trinajstić information content (AvgIpc) is 2.76. The van der Waals surface area contributed by atoms with Gasteiger partial charge in [-0.3, -0.25) is 0 Å². The van der Waals surface area contributed by atoms with E-state index < -0.39 is 0 Å². The molecule has 1 aliphatic rings. The van der Waals surface area contributed by atoms with Crippen molar-refractivity contribution in [2.75, 3.05) is 31.1 Å². The van der Waals surface area contributed by atoms with E-state index in [0.717, 1.165) is 31.9 Å². The van der Waals surface area contributed by atoms with E-state index in [1.165, 1.54) is 17.0 Å². The average molecular weight is 425 g/mol. The van der Waals surface area contributed by atoms with Crippen molar-refractivity contribution in [3.8, 4) is 11.6 Å². The summed E-state index contributed by atoms with van der Waals surface area (Å²) in [5.41, 5.74) is 0.929. The number of anilines is 1. The number of ether oxygens (including phenoxy) is 1. The van der Waals surface area contributed by atoms with E-state index >= 15 is 0 Å². The van der Waals surface area contributed by atoms with E-state index in [1.54, 1.807) is 24.1 Å². The van der Waals surface area contributed by atoms with Gasteiger partial charge >= 0.3 is 0 Å². The monoisotopic (exact) mass is 424 g/mol. The van der Waals surface area contributed by atoms with Crippen molar-refractivity contribution < 1.29 is 9.13 Å². The second kappa shape index (κ2) is 9.45. The Morgan fingerprint density at radius 3 is 2.30 bits per heavy atom. The molecule has 0 unspecified atom stereocenters. The lowest BCUT2D eigenvalue weighted by Crippen LogP contribution is -2.44. The highest BCUT2D eigenvalue weighted by Gasteiger charge is 2.21. The third-order valence-corrected chi connectivity index (χ3v) is 5.94. The van der Waals surface area contributed by atoms with Crippen molar-refractivity contribution >= 4 is 17.9 Å². The Labute approximate surface area is 181 Å². The minimum Gasteiger partial charge on any atom is -0.439 e. The normalized spacial score (nSPS) is 14.9. The SMILES string of the molecule is CC(C)c1cc(Oc2ccc(F)cc2)nc(N2CCN(Sc3ccccc3)CC2)n1. The maximum atomic E-state index is 13.2. The third-order valence-electron chi connectivity index (χ3n) is 4.84. The van der Waals surface area contributed by atoms with Gasteiger partial charge in [0.15, 0.2) is 0 Å². The van der Waals surface area contributed by atoms with Crippen LogP contribution in [0.2, 0.25) is 0 Å². The van der Waals surface area contributed by atoms with Gasteiger partial charge in [-0.2, -0.15) is 4.98 Å². The van der Waals surface area contributed by atoms with E-state index in [0.29, 0.717) is 17.6 Å². The van der Waals surface area contributed by atoms with Gasteiger partial charge in [-0.15, -0.1) is 0 Å². The summed E-state index contributed by atoms with van der Waals surface area (Å²) in [6.45, 7) is 7.73. The van der Waals surface area contributed by atoms with Crippen LogP contribution in [0.3, 0.4) is 0 Å². The Kier molecular flexibility index (Phi) is 6.50. The smallest absolute Gasteiger partial charge is 0.228 e. The van der Waals surface area contributed by atoms with Crippen LogP contribution < -0.4 is 9.64 Å². The molecule has 0 spiro atoms. The van der Waals surface area contributed by atoms with Crippen LogP contribution in [0.5, 0.6) is 11.6 Å². The van der Waals surface area contributed by atoms with E-state index in [1.807, 2.05) is 12.1 Å². The minimum absolute atomic E-state index is 0.247. The van der Waals surface area contributed by atoms with Crippen molar-refractivity contribution in [1.29, 1.82) is 0 Å². The van der Waals surface area contributed by atoms with Gasteiger partial charge in [-0.05, 0) is 54.3 Å². The molecule has 0 N–H and O–H groups in total. The third kappa shape index (κ3) is 5.29. The quantitative estimate of drug-likeness (QED) is 0.496. The zero-order chi connectivity index (χ0) is 20.9. The lowest BCUT2D eigenvalue weighted by molar-refractivity contribution is 0.421. The van der Waals surface area contributed by atoms with Crippen LogP contribution in [-0.4, -0.2) is 40.5 Å². The fourth-order valence-electron chi connectivity index (χ4n) is 3.15. The molecule has 3 aromatic rings. The first-order chi connectivity index (χ1) is 14.6. The number of benzene rings is 2. The molecule has 2 heterocycles. The van der Waals surface area contributed by atoms with E-state index in [9.17, 15) is 4.39 Å². The molecule has 0 radical (unpaired) electrons. The van der Waals surface area contributed by atoms with Crippen LogP contribution in [0.25, 0.3) is 0 Å². The predicted molar refractivity (Wildman–Crippen MR) is 119 cm³/mol. The molecule has 0 atom stereocenters. The van der Waals surface area contributed by atoms with Crippen LogP contribution in [0.4, 0.5) is 10.3 Å². The first-order valence-corrected chi connectivity index (χ1v) is 10.9. The highest BCUT2D eigenvalue weighted by Crippen LogP contribution is 2.28. The van der Waals surface area contributed by atoms with Crippen molar-refractivity contribution in [1.82, 2.24) is 14.3 Å². The van der Waals surface area contributed by atoms with Crippen molar-refractivity contribution in [2.45, 2.75) is 24.7 Å². The molecule has 0 amide bonds. The maximum Gasteiger partial charge on any atom is 0.228 e. The molecule has 2 aromatic carbocycles. The van der Waals surface area contributed by atoms with Gasteiger partial charge in [0.2, 0.25) is 11.8 Å². The number of piperazine rings is 1. The Morgan fingerprint density at radius 1 is 0.933 bits per heavy atom.